The van der Waals surface area contributed by atoms with Crippen molar-refractivity contribution in [3.05, 3.63) is 11.6 Å². The van der Waals surface area contributed by atoms with Gasteiger partial charge >= 0.3 is 5.97 Å². The summed E-state index contributed by atoms with van der Waals surface area (Å²) in [4.78, 5) is 10.5. The summed E-state index contributed by atoms with van der Waals surface area (Å²) < 4.78 is 0. The fraction of sp³-hybridized carbons (Fsp3) is 0.700. The van der Waals surface area contributed by atoms with E-state index in [2.05, 4.69) is 13.8 Å². The average molecular weight is 170 g/mol. The highest BCUT2D eigenvalue weighted by Crippen LogP contribution is 2.14. The smallest absolute Gasteiger partial charge is 0.330 e. The highest BCUT2D eigenvalue weighted by Gasteiger charge is 2.05. The van der Waals surface area contributed by atoms with E-state index in [1.807, 2.05) is 6.08 Å². The van der Waals surface area contributed by atoms with Gasteiger partial charge in [0.1, 0.15) is 0 Å². The van der Waals surface area contributed by atoms with Gasteiger partial charge < -0.3 is 5.11 Å². The van der Waals surface area contributed by atoms with Gasteiger partial charge in [0.05, 0.1) is 0 Å². The molecule has 0 fully saturated rings. The number of carboxylic acid groups (broad SMARTS) is 1. The van der Waals surface area contributed by atoms with Gasteiger partial charge in [0.15, 0.2) is 0 Å². The van der Waals surface area contributed by atoms with Crippen LogP contribution in [0.1, 0.15) is 40.0 Å². The van der Waals surface area contributed by atoms with E-state index in [1.54, 1.807) is 6.92 Å². The standard InChI is InChI=1S/C10H18O2/c1-4-6-9(5-2)7-8(3)10(11)12/h7,9H,4-6H2,1-3H3,(H,11,12). The summed E-state index contributed by atoms with van der Waals surface area (Å²) in [6, 6.07) is 0. The van der Waals surface area contributed by atoms with Crippen LogP contribution in [-0.4, -0.2) is 11.1 Å². The molecule has 1 unspecified atom stereocenters. The molecule has 0 aromatic rings. The molecule has 0 aromatic heterocycles. The topological polar surface area (TPSA) is 37.3 Å². The second-order valence-corrected chi connectivity index (χ2v) is 3.11. The molecule has 0 bridgehead atoms. The van der Waals surface area contributed by atoms with Gasteiger partial charge in [-0.05, 0) is 25.7 Å². The van der Waals surface area contributed by atoms with Crippen molar-refractivity contribution < 1.29 is 9.90 Å². The lowest BCUT2D eigenvalue weighted by Gasteiger charge is -2.08. The van der Waals surface area contributed by atoms with E-state index in [0.717, 1.165) is 19.3 Å². The summed E-state index contributed by atoms with van der Waals surface area (Å²) in [6.45, 7) is 5.86. The molecule has 0 aliphatic heterocycles. The fourth-order valence-electron chi connectivity index (χ4n) is 1.20. The number of allylic oxidation sites excluding steroid dienone is 1. The summed E-state index contributed by atoms with van der Waals surface area (Å²) in [6.07, 6.45) is 5.09. The van der Waals surface area contributed by atoms with Crippen molar-refractivity contribution in [3.8, 4) is 0 Å². The Balaban J connectivity index is 4.14. The molecule has 0 rings (SSSR count). The summed E-state index contributed by atoms with van der Waals surface area (Å²) in [5, 5.41) is 8.63. The number of rotatable bonds is 5. The Bertz CT molecular complexity index is 171. The maximum atomic E-state index is 10.5. The molecular weight excluding hydrogens is 152 g/mol. The van der Waals surface area contributed by atoms with Crippen LogP contribution in [0.15, 0.2) is 11.6 Å². The zero-order valence-electron chi connectivity index (χ0n) is 8.13. The maximum absolute atomic E-state index is 10.5. The fourth-order valence-corrected chi connectivity index (χ4v) is 1.20. The molecule has 12 heavy (non-hydrogen) atoms. The Morgan fingerprint density at radius 1 is 1.50 bits per heavy atom. The molecule has 1 atom stereocenters. The molecule has 0 amide bonds. The molecular formula is C10H18O2. The second-order valence-electron chi connectivity index (χ2n) is 3.11. The minimum absolute atomic E-state index is 0.436. The lowest BCUT2D eigenvalue weighted by molar-refractivity contribution is -0.132. The molecule has 0 heterocycles. The Morgan fingerprint density at radius 3 is 2.42 bits per heavy atom. The number of carbonyl (C=O) groups is 1. The van der Waals surface area contributed by atoms with Crippen molar-refractivity contribution in [3.63, 3.8) is 0 Å². The van der Waals surface area contributed by atoms with Gasteiger partial charge in [0.25, 0.3) is 0 Å². The first kappa shape index (κ1) is 11.2. The van der Waals surface area contributed by atoms with Gasteiger partial charge in [-0.1, -0.05) is 26.3 Å². The summed E-state index contributed by atoms with van der Waals surface area (Å²) in [7, 11) is 0. The van der Waals surface area contributed by atoms with E-state index >= 15 is 0 Å². The van der Waals surface area contributed by atoms with Crippen molar-refractivity contribution >= 4 is 5.97 Å². The number of carboxylic acids is 1. The summed E-state index contributed by atoms with van der Waals surface area (Å²) in [5.74, 6) is -0.365. The lowest BCUT2D eigenvalue weighted by Crippen LogP contribution is -2.01. The minimum atomic E-state index is -0.801. The van der Waals surface area contributed by atoms with Gasteiger partial charge in [-0.3, -0.25) is 0 Å². The number of hydrogen-bond donors (Lipinski definition) is 1. The zero-order valence-corrected chi connectivity index (χ0v) is 8.13. The molecule has 2 nitrogen and oxygen atoms in total. The van der Waals surface area contributed by atoms with Gasteiger partial charge in [-0.25, -0.2) is 4.79 Å². The van der Waals surface area contributed by atoms with Gasteiger partial charge in [-0.2, -0.15) is 0 Å². The van der Waals surface area contributed by atoms with Gasteiger partial charge in [-0.15, -0.1) is 0 Å². The lowest BCUT2D eigenvalue weighted by atomic mass is 9.98. The van der Waals surface area contributed by atoms with E-state index < -0.39 is 5.97 Å². The van der Waals surface area contributed by atoms with E-state index in [-0.39, 0.29) is 0 Å². The van der Waals surface area contributed by atoms with Crippen LogP contribution in [0.5, 0.6) is 0 Å². The van der Waals surface area contributed by atoms with E-state index in [9.17, 15) is 4.79 Å². The van der Waals surface area contributed by atoms with E-state index in [4.69, 9.17) is 5.11 Å². The van der Waals surface area contributed by atoms with Crippen LogP contribution in [0, 0.1) is 5.92 Å². The van der Waals surface area contributed by atoms with E-state index in [1.165, 1.54) is 0 Å². The molecule has 0 saturated heterocycles. The monoisotopic (exact) mass is 170 g/mol. The molecule has 0 radical (unpaired) electrons. The van der Waals surface area contributed by atoms with Crippen molar-refractivity contribution in [1.29, 1.82) is 0 Å². The van der Waals surface area contributed by atoms with Gasteiger partial charge in [0, 0.05) is 5.57 Å². The molecule has 1 N–H and O–H groups in total. The van der Waals surface area contributed by atoms with Gasteiger partial charge in [0.2, 0.25) is 0 Å². The summed E-state index contributed by atoms with van der Waals surface area (Å²) in [5.41, 5.74) is 0.468. The van der Waals surface area contributed by atoms with E-state index in [0.29, 0.717) is 11.5 Å². The quantitative estimate of drug-likeness (QED) is 0.644. The average Bonchev–Trinajstić information content (AvgIpc) is 2.03. The predicted octanol–water partition coefficient (Wildman–Crippen LogP) is 2.84. The van der Waals surface area contributed by atoms with Crippen molar-refractivity contribution in [2.45, 2.75) is 40.0 Å². The van der Waals surface area contributed by atoms with Crippen molar-refractivity contribution in [1.82, 2.24) is 0 Å². The van der Waals surface area contributed by atoms with Crippen LogP contribution in [-0.2, 0) is 4.79 Å². The highest BCUT2D eigenvalue weighted by molar-refractivity contribution is 5.85. The maximum Gasteiger partial charge on any atom is 0.330 e. The van der Waals surface area contributed by atoms with Crippen LogP contribution < -0.4 is 0 Å². The molecule has 0 aliphatic rings. The van der Waals surface area contributed by atoms with Crippen molar-refractivity contribution in [2.75, 3.05) is 0 Å². The largest absolute Gasteiger partial charge is 0.478 e. The first-order valence-corrected chi connectivity index (χ1v) is 4.53. The molecule has 2 heteroatoms. The van der Waals surface area contributed by atoms with Crippen LogP contribution in [0.3, 0.4) is 0 Å². The normalized spacial score (nSPS) is 14.4. The minimum Gasteiger partial charge on any atom is -0.478 e. The molecule has 0 spiro atoms. The molecule has 0 saturated carbocycles. The van der Waals surface area contributed by atoms with Crippen LogP contribution in [0.2, 0.25) is 0 Å². The first-order valence-electron chi connectivity index (χ1n) is 4.53. The highest BCUT2D eigenvalue weighted by atomic mass is 16.4. The third kappa shape index (κ3) is 4.16. The molecule has 0 aromatic carbocycles. The Labute approximate surface area is 74.3 Å². The van der Waals surface area contributed by atoms with Crippen molar-refractivity contribution in [2.24, 2.45) is 5.92 Å². The molecule has 0 aliphatic carbocycles. The third-order valence-corrected chi connectivity index (χ3v) is 2.01. The Morgan fingerprint density at radius 2 is 2.08 bits per heavy atom. The number of aliphatic carboxylic acids is 1. The second kappa shape index (κ2) is 5.81. The SMILES string of the molecule is CCCC(C=C(C)C(=O)O)CC. The summed E-state index contributed by atoms with van der Waals surface area (Å²) >= 11 is 0. The third-order valence-electron chi connectivity index (χ3n) is 2.01. The zero-order chi connectivity index (χ0) is 9.56. The first-order chi connectivity index (χ1) is 5.61. The number of hydrogen-bond acceptors (Lipinski definition) is 1. The Hall–Kier alpha value is -0.790. The van der Waals surface area contributed by atoms with Crippen LogP contribution >= 0.6 is 0 Å². The predicted molar refractivity (Wildman–Crippen MR) is 50.1 cm³/mol. The van der Waals surface area contributed by atoms with Crippen LogP contribution in [0.4, 0.5) is 0 Å². The van der Waals surface area contributed by atoms with Crippen LogP contribution in [0.25, 0.3) is 0 Å². The molecule has 70 valence electrons. The Kier molecular flexibility index (Phi) is 5.43.